The molecule has 0 spiro atoms. The van der Waals surface area contributed by atoms with Crippen molar-refractivity contribution in [3.63, 3.8) is 0 Å². The van der Waals surface area contributed by atoms with Gasteiger partial charge >= 0.3 is 16.5 Å². The Balaban J connectivity index is 2.28. The number of nitrogen functional groups attached to an aromatic ring is 1. The number of carboxylic acid groups (broad SMARTS) is 1. The first-order chi connectivity index (χ1) is 12.9. The van der Waals surface area contributed by atoms with Gasteiger partial charge in [-0.1, -0.05) is 0 Å². The number of rotatable bonds is 6. The zero-order valence-electron chi connectivity index (χ0n) is 16.4. The van der Waals surface area contributed by atoms with Crippen molar-refractivity contribution in [2.45, 2.75) is 38.9 Å². The number of nitrogens with two attached hydrogens (primary N) is 1. The van der Waals surface area contributed by atoms with Gasteiger partial charge in [0.1, 0.15) is 17.3 Å². The second kappa shape index (κ2) is 7.72. The number of aromatic nitrogens is 2. The number of amides is 1. The van der Waals surface area contributed by atoms with Crippen molar-refractivity contribution in [1.82, 2.24) is 14.7 Å². The van der Waals surface area contributed by atoms with Crippen LogP contribution in [0.3, 0.4) is 0 Å². The third-order valence-electron chi connectivity index (χ3n) is 4.08. The second-order valence-electron chi connectivity index (χ2n) is 7.16. The van der Waals surface area contributed by atoms with Crippen molar-refractivity contribution in [2.24, 2.45) is 0 Å². The number of allylic oxidation sites excluding steroid dienone is 1. The fraction of sp³-hybridized carbons (Fsp3) is 0.500. The summed E-state index contributed by atoms with van der Waals surface area (Å²) in [5.41, 5.74) is 5.71. The van der Waals surface area contributed by atoms with Crippen molar-refractivity contribution >= 4 is 28.0 Å². The molecule has 1 aromatic rings. The minimum absolute atomic E-state index is 0.0951. The molecule has 1 aliphatic heterocycles. The molecule has 0 saturated heterocycles. The second-order valence-corrected chi connectivity index (χ2v) is 8.48. The molecule has 0 radical (unpaired) electrons. The van der Waals surface area contributed by atoms with E-state index < -0.39 is 22.0 Å². The van der Waals surface area contributed by atoms with Gasteiger partial charge in [-0.2, -0.15) is 13.5 Å². The molecule has 1 aromatic heterocycles. The predicted molar refractivity (Wildman–Crippen MR) is 103 cm³/mol. The summed E-state index contributed by atoms with van der Waals surface area (Å²) < 4.78 is 33.5. The molecule has 11 nitrogen and oxygen atoms in total. The Bertz CT molecular complexity index is 899. The number of hydrogen-bond acceptors (Lipinski definition) is 8. The van der Waals surface area contributed by atoms with E-state index in [9.17, 15) is 18.3 Å². The van der Waals surface area contributed by atoms with Gasteiger partial charge in [0.2, 0.25) is 0 Å². The summed E-state index contributed by atoms with van der Waals surface area (Å²) >= 11 is 0. The lowest BCUT2D eigenvalue weighted by atomic mass is 10.1. The molecule has 1 amide bonds. The number of anilines is 2. The maximum Gasteiger partial charge on any atom is 0.448 e. The standard InChI is InChI=1S/C16H25N5O6S/c1-16(2,3)21(15(22)23)13-9-18-20(14(13)17)10-11-8-12(6-7-19(11)4)27-28(24,25)26-5/h6-9,11H,10,17H2,1-5H3,(H,22,23). The lowest BCUT2D eigenvalue weighted by molar-refractivity contribution is 0.195. The molecule has 12 heteroatoms. The van der Waals surface area contributed by atoms with E-state index in [0.717, 1.165) is 12.0 Å². The fourth-order valence-corrected chi connectivity index (χ4v) is 3.10. The van der Waals surface area contributed by atoms with Crippen LogP contribution in [-0.4, -0.2) is 60.0 Å². The minimum atomic E-state index is -4.13. The molecule has 3 N–H and O–H groups in total. The molecule has 0 saturated carbocycles. The highest BCUT2D eigenvalue weighted by Crippen LogP contribution is 2.30. The Kier molecular flexibility index (Phi) is 5.94. The molecule has 2 rings (SSSR count). The largest absolute Gasteiger partial charge is 0.465 e. The van der Waals surface area contributed by atoms with Crippen molar-refractivity contribution in [1.29, 1.82) is 0 Å². The molecule has 0 bridgehead atoms. The molecule has 1 atom stereocenters. The van der Waals surface area contributed by atoms with Gasteiger partial charge in [-0.15, -0.1) is 0 Å². The van der Waals surface area contributed by atoms with Crippen LogP contribution >= 0.6 is 0 Å². The van der Waals surface area contributed by atoms with Gasteiger partial charge < -0.3 is 19.9 Å². The summed E-state index contributed by atoms with van der Waals surface area (Å²) in [6, 6.07) is -0.338. The third kappa shape index (κ3) is 4.75. The average molecular weight is 415 g/mol. The van der Waals surface area contributed by atoms with Crippen LogP contribution in [0, 0.1) is 0 Å². The average Bonchev–Trinajstić information content (AvgIpc) is 2.90. The Hall–Kier alpha value is -2.73. The maximum atomic E-state index is 11.7. The van der Waals surface area contributed by atoms with Crippen LogP contribution < -0.4 is 10.6 Å². The lowest BCUT2D eigenvalue weighted by Crippen LogP contribution is -2.45. The van der Waals surface area contributed by atoms with Gasteiger partial charge in [0.25, 0.3) is 0 Å². The smallest absolute Gasteiger partial charge is 0.448 e. The van der Waals surface area contributed by atoms with Gasteiger partial charge in [0.15, 0.2) is 0 Å². The number of hydrogen-bond donors (Lipinski definition) is 2. The molecule has 2 heterocycles. The molecule has 1 unspecified atom stereocenters. The summed E-state index contributed by atoms with van der Waals surface area (Å²) in [6.07, 6.45) is 4.96. The van der Waals surface area contributed by atoms with E-state index in [1.807, 2.05) is 4.90 Å². The van der Waals surface area contributed by atoms with Crippen LogP contribution in [0.4, 0.5) is 16.3 Å². The van der Waals surface area contributed by atoms with Crippen molar-refractivity contribution < 1.29 is 26.7 Å². The fourth-order valence-electron chi connectivity index (χ4n) is 2.68. The summed E-state index contributed by atoms with van der Waals surface area (Å²) in [6.45, 7) is 5.49. The van der Waals surface area contributed by atoms with E-state index in [2.05, 4.69) is 9.28 Å². The van der Waals surface area contributed by atoms with E-state index in [1.54, 1.807) is 40.1 Å². The van der Waals surface area contributed by atoms with E-state index >= 15 is 0 Å². The van der Waals surface area contributed by atoms with Gasteiger partial charge in [0, 0.05) is 18.8 Å². The molecule has 0 fully saturated rings. The zero-order valence-corrected chi connectivity index (χ0v) is 17.2. The van der Waals surface area contributed by atoms with Gasteiger partial charge in [-0.3, -0.25) is 4.90 Å². The van der Waals surface area contributed by atoms with E-state index in [0.29, 0.717) is 0 Å². The highest BCUT2D eigenvalue weighted by atomic mass is 32.3. The van der Waals surface area contributed by atoms with E-state index in [-0.39, 0.29) is 29.9 Å². The minimum Gasteiger partial charge on any atom is -0.465 e. The van der Waals surface area contributed by atoms with Crippen LogP contribution in [0.1, 0.15) is 20.8 Å². The van der Waals surface area contributed by atoms with Crippen LogP contribution in [0.2, 0.25) is 0 Å². The first kappa shape index (κ1) is 21.6. The highest BCUT2D eigenvalue weighted by Gasteiger charge is 2.31. The molecular formula is C16H25N5O6S. The Labute approximate surface area is 163 Å². The summed E-state index contributed by atoms with van der Waals surface area (Å²) in [4.78, 5) is 14.6. The topological polar surface area (TPSA) is 140 Å². The number of nitrogens with zero attached hydrogens (tertiary/aromatic N) is 4. The third-order valence-corrected chi connectivity index (χ3v) is 4.88. The Morgan fingerprint density at radius 3 is 2.61 bits per heavy atom. The van der Waals surface area contributed by atoms with Gasteiger partial charge in [-0.25, -0.2) is 13.7 Å². The highest BCUT2D eigenvalue weighted by molar-refractivity contribution is 7.82. The molecule has 0 aromatic carbocycles. The molecule has 28 heavy (non-hydrogen) atoms. The summed E-state index contributed by atoms with van der Waals surface area (Å²) in [7, 11) is -1.34. The first-order valence-electron chi connectivity index (χ1n) is 8.32. The zero-order chi connectivity index (χ0) is 21.3. The SMILES string of the molecule is COS(=O)(=O)OC1=CC(Cn2ncc(N(C(=O)O)C(C)(C)C)c2N)N(C)C=C1. The lowest BCUT2D eigenvalue weighted by Gasteiger charge is -2.32. The Morgan fingerprint density at radius 2 is 2.07 bits per heavy atom. The molecule has 156 valence electrons. The van der Waals surface area contributed by atoms with Crippen LogP contribution in [0.15, 0.2) is 30.3 Å². The van der Waals surface area contributed by atoms with Crippen LogP contribution in [-0.2, 0) is 25.3 Å². The van der Waals surface area contributed by atoms with Crippen molar-refractivity contribution in [3.05, 3.63) is 30.3 Å². The molecule has 1 aliphatic rings. The normalized spacial score (nSPS) is 17.4. The molecular weight excluding hydrogens is 390 g/mol. The summed E-state index contributed by atoms with van der Waals surface area (Å²) in [5, 5.41) is 13.7. The van der Waals surface area contributed by atoms with Crippen molar-refractivity contribution in [2.75, 3.05) is 24.8 Å². The maximum absolute atomic E-state index is 11.7. The van der Waals surface area contributed by atoms with Crippen LogP contribution in [0.5, 0.6) is 0 Å². The molecule has 0 aliphatic carbocycles. The van der Waals surface area contributed by atoms with Crippen molar-refractivity contribution in [3.8, 4) is 0 Å². The number of carbonyl (C=O) groups is 1. The predicted octanol–water partition coefficient (Wildman–Crippen LogP) is 1.37. The van der Waals surface area contributed by atoms with E-state index in [1.165, 1.54) is 17.0 Å². The Morgan fingerprint density at radius 1 is 1.43 bits per heavy atom. The number of likely N-dealkylation sites (N-methyl/N-ethyl adjacent to an activating group) is 1. The van der Waals surface area contributed by atoms with Crippen LogP contribution in [0.25, 0.3) is 0 Å². The summed E-state index contributed by atoms with van der Waals surface area (Å²) in [5.74, 6) is 0.276. The van der Waals surface area contributed by atoms with E-state index in [4.69, 9.17) is 9.92 Å². The van der Waals surface area contributed by atoms with Gasteiger partial charge in [-0.05, 0) is 32.9 Å². The first-order valence-corrected chi connectivity index (χ1v) is 9.65. The quantitative estimate of drug-likeness (QED) is 0.704. The monoisotopic (exact) mass is 415 g/mol. The van der Waals surface area contributed by atoms with Gasteiger partial charge in [0.05, 0.1) is 25.9 Å².